The molecule has 2 heterocycles. The third-order valence-corrected chi connectivity index (χ3v) is 3.63. The fourth-order valence-corrected chi connectivity index (χ4v) is 2.59. The lowest BCUT2D eigenvalue weighted by Gasteiger charge is -2.25. The molecule has 0 saturated carbocycles. The van der Waals surface area contributed by atoms with Crippen LogP contribution in [0.15, 0.2) is 21.2 Å². The first-order chi connectivity index (χ1) is 7.75. The van der Waals surface area contributed by atoms with Crippen LogP contribution in [0.3, 0.4) is 0 Å². The predicted octanol–water partition coefficient (Wildman–Crippen LogP) is 2.62. The molecular formula is C12H19BrN2O. The molecule has 3 nitrogen and oxygen atoms in total. The molecule has 1 N–H and O–H groups in total. The lowest BCUT2D eigenvalue weighted by Crippen LogP contribution is -2.31. The molecule has 0 radical (unpaired) electrons. The maximum atomic E-state index is 5.54. The maximum absolute atomic E-state index is 5.54. The lowest BCUT2D eigenvalue weighted by atomic mass is 10.1. The van der Waals surface area contributed by atoms with E-state index >= 15 is 0 Å². The Morgan fingerprint density at radius 1 is 1.44 bits per heavy atom. The zero-order valence-corrected chi connectivity index (χ0v) is 11.3. The second-order valence-electron chi connectivity index (χ2n) is 4.46. The third kappa shape index (κ3) is 3.34. The van der Waals surface area contributed by atoms with E-state index in [4.69, 9.17) is 4.42 Å². The van der Waals surface area contributed by atoms with Crippen LogP contribution in [0.25, 0.3) is 0 Å². The van der Waals surface area contributed by atoms with E-state index in [1.165, 1.54) is 19.3 Å². The van der Waals surface area contributed by atoms with Gasteiger partial charge in [-0.15, -0.1) is 0 Å². The fraction of sp³-hybridized carbons (Fsp3) is 0.667. The van der Waals surface area contributed by atoms with Crippen LogP contribution >= 0.6 is 15.9 Å². The molecule has 90 valence electrons. The summed E-state index contributed by atoms with van der Waals surface area (Å²) < 4.78 is 6.35. The van der Waals surface area contributed by atoms with Crippen molar-refractivity contribution in [1.82, 2.24) is 10.2 Å². The molecule has 1 aromatic rings. The van der Waals surface area contributed by atoms with Gasteiger partial charge in [0, 0.05) is 6.04 Å². The first kappa shape index (κ1) is 12.1. The van der Waals surface area contributed by atoms with E-state index in [2.05, 4.69) is 33.2 Å². The number of rotatable bonds is 3. The van der Waals surface area contributed by atoms with Gasteiger partial charge in [-0.2, -0.15) is 0 Å². The normalized spacial score (nSPS) is 22.3. The number of halogens is 1. The lowest BCUT2D eigenvalue weighted by molar-refractivity contribution is 0.200. The Kier molecular flexibility index (Phi) is 4.44. The standard InChI is InChI=1S/C12H19BrN2O/c1-15(9-11-4-5-12(13)16-11)10-3-2-7-14-8-6-10/h4-5,10,14H,2-3,6-9H2,1H3. The number of nitrogens with one attached hydrogen (secondary N) is 1. The van der Waals surface area contributed by atoms with Crippen molar-refractivity contribution in [2.75, 3.05) is 20.1 Å². The molecule has 0 aromatic carbocycles. The molecule has 1 aliphatic heterocycles. The van der Waals surface area contributed by atoms with Gasteiger partial charge < -0.3 is 9.73 Å². The summed E-state index contributed by atoms with van der Waals surface area (Å²) in [5.74, 6) is 1.03. The summed E-state index contributed by atoms with van der Waals surface area (Å²) in [5.41, 5.74) is 0. The van der Waals surface area contributed by atoms with E-state index in [0.717, 1.165) is 30.1 Å². The molecule has 16 heavy (non-hydrogen) atoms. The van der Waals surface area contributed by atoms with Gasteiger partial charge >= 0.3 is 0 Å². The third-order valence-electron chi connectivity index (χ3n) is 3.20. The summed E-state index contributed by atoms with van der Waals surface area (Å²) in [4.78, 5) is 2.40. The molecule has 1 unspecified atom stereocenters. The van der Waals surface area contributed by atoms with Crippen LogP contribution in [0.1, 0.15) is 25.0 Å². The van der Waals surface area contributed by atoms with E-state index in [1.807, 2.05) is 12.1 Å². The summed E-state index contributed by atoms with van der Waals surface area (Å²) in [6.07, 6.45) is 3.79. The highest BCUT2D eigenvalue weighted by Gasteiger charge is 2.17. The van der Waals surface area contributed by atoms with E-state index < -0.39 is 0 Å². The van der Waals surface area contributed by atoms with Gasteiger partial charge in [-0.3, -0.25) is 4.90 Å². The first-order valence-electron chi connectivity index (χ1n) is 5.91. The molecule has 0 spiro atoms. The van der Waals surface area contributed by atoms with Gasteiger partial charge in [-0.25, -0.2) is 0 Å². The average molecular weight is 287 g/mol. The Bertz CT molecular complexity index is 319. The molecule has 1 atom stereocenters. The maximum Gasteiger partial charge on any atom is 0.169 e. The minimum absolute atomic E-state index is 0.680. The van der Waals surface area contributed by atoms with Crippen molar-refractivity contribution in [3.63, 3.8) is 0 Å². The van der Waals surface area contributed by atoms with E-state index in [9.17, 15) is 0 Å². The molecular weight excluding hydrogens is 268 g/mol. The van der Waals surface area contributed by atoms with Crippen LogP contribution < -0.4 is 5.32 Å². The zero-order chi connectivity index (χ0) is 11.4. The van der Waals surface area contributed by atoms with Crippen LogP contribution in [-0.4, -0.2) is 31.1 Å². The van der Waals surface area contributed by atoms with Gasteiger partial charge in [0.15, 0.2) is 4.67 Å². The minimum atomic E-state index is 0.680. The number of hydrogen-bond donors (Lipinski definition) is 1. The fourth-order valence-electron chi connectivity index (χ4n) is 2.25. The Morgan fingerprint density at radius 3 is 3.06 bits per heavy atom. The Balaban J connectivity index is 1.88. The van der Waals surface area contributed by atoms with Gasteiger partial charge in [0.25, 0.3) is 0 Å². The van der Waals surface area contributed by atoms with E-state index in [0.29, 0.717) is 6.04 Å². The van der Waals surface area contributed by atoms with Crippen molar-refractivity contribution in [3.8, 4) is 0 Å². The SMILES string of the molecule is CN(Cc1ccc(Br)o1)C1CCCNCC1. The number of nitrogens with zero attached hydrogens (tertiary/aromatic N) is 1. The molecule has 0 aliphatic carbocycles. The molecule has 1 fully saturated rings. The van der Waals surface area contributed by atoms with Gasteiger partial charge in [0.2, 0.25) is 0 Å². The van der Waals surface area contributed by atoms with Gasteiger partial charge in [0.05, 0.1) is 6.54 Å². The van der Waals surface area contributed by atoms with Crippen molar-refractivity contribution >= 4 is 15.9 Å². The van der Waals surface area contributed by atoms with E-state index in [1.54, 1.807) is 0 Å². The van der Waals surface area contributed by atoms with Crippen molar-refractivity contribution in [2.24, 2.45) is 0 Å². The average Bonchev–Trinajstić information content (AvgIpc) is 2.56. The molecule has 1 aromatic heterocycles. The highest BCUT2D eigenvalue weighted by Crippen LogP contribution is 2.18. The van der Waals surface area contributed by atoms with Crippen molar-refractivity contribution in [3.05, 3.63) is 22.6 Å². The monoisotopic (exact) mass is 286 g/mol. The van der Waals surface area contributed by atoms with Crippen LogP contribution in [0.4, 0.5) is 0 Å². The largest absolute Gasteiger partial charge is 0.453 e. The summed E-state index contributed by atoms with van der Waals surface area (Å²) >= 11 is 3.34. The quantitative estimate of drug-likeness (QED) is 0.926. The molecule has 2 rings (SSSR count). The summed E-state index contributed by atoms with van der Waals surface area (Å²) in [5, 5.41) is 3.44. The van der Waals surface area contributed by atoms with Gasteiger partial charge in [-0.1, -0.05) is 0 Å². The highest BCUT2D eigenvalue weighted by molar-refractivity contribution is 9.10. The van der Waals surface area contributed by atoms with Gasteiger partial charge in [0.1, 0.15) is 5.76 Å². The molecule has 1 saturated heterocycles. The Labute approximate surface area is 105 Å². The van der Waals surface area contributed by atoms with Crippen LogP contribution in [-0.2, 0) is 6.54 Å². The number of hydrogen-bond acceptors (Lipinski definition) is 3. The molecule has 0 bridgehead atoms. The van der Waals surface area contributed by atoms with Crippen molar-refractivity contribution in [2.45, 2.75) is 31.8 Å². The summed E-state index contributed by atoms with van der Waals surface area (Å²) in [7, 11) is 2.19. The smallest absolute Gasteiger partial charge is 0.169 e. The molecule has 1 aliphatic rings. The van der Waals surface area contributed by atoms with Crippen molar-refractivity contribution in [1.29, 1.82) is 0 Å². The Morgan fingerprint density at radius 2 is 2.31 bits per heavy atom. The summed E-state index contributed by atoms with van der Waals surface area (Å²) in [6, 6.07) is 4.67. The minimum Gasteiger partial charge on any atom is -0.453 e. The number of furan rings is 1. The molecule has 4 heteroatoms. The Hall–Kier alpha value is -0.320. The van der Waals surface area contributed by atoms with Crippen LogP contribution in [0, 0.1) is 0 Å². The molecule has 0 amide bonds. The predicted molar refractivity (Wildman–Crippen MR) is 68.4 cm³/mol. The topological polar surface area (TPSA) is 28.4 Å². The summed E-state index contributed by atoms with van der Waals surface area (Å²) in [6.45, 7) is 3.20. The van der Waals surface area contributed by atoms with Crippen LogP contribution in [0.5, 0.6) is 0 Å². The van der Waals surface area contributed by atoms with E-state index in [-0.39, 0.29) is 0 Å². The zero-order valence-electron chi connectivity index (χ0n) is 9.71. The highest BCUT2D eigenvalue weighted by atomic mass is 79.9. The van der Waals surface area contributed by atoms with Crippen molar-refractivity contribution < 1.29 is 4.42 Å². The van der Waals surface area contributed by atoms with Gasteiger partial charge in [-0.05, 0) is 67.5 Å². The second-order valence-corrected chi connectivity index (χ2v) is 5.24. The van der Waals surface area contributed by atoms with Crippen LogP contribution in [0.2, 0.25) is 0 Å². The second kappa shape index (κ2) is 5.84. The first-order valence-corrected chi connectivity index (χ1v) is 6.70.